The predicted molar refractivity (Wildman–Crippen MR) is 92.6 cm³/mol. The zero-order valence-corrected chi connectivity index (χ0v) is 14.6. The summed E-state index contributed by atoms with van der Waals surface area (Å²) in [5, 5.41) is 4.91. The van der Waals surface area contributed by atoms with Crippen molar-refractivity contribution >= 4 is 17.5 Å². The number of halogens is 4. The standard InChI is InChI=1S/C19H18F4N2O2/c1-11(2)16(25-17(26)12-6-8-14(20)9-7-12)18(27)24-15-5-3-4-13(10-15)19(21,22)23/h3-11,16H,1-2H3,(H,24,27)(H,25,26)/t16-/m0/s1. The average Bonchev–Trinajstić information content (AvgIpc) is 2.59. The highest BCUT2D eigenvalue weighted by Crippen LogP contribution is 2.30. The van der Waals surface area contributed by atoms with Crippen LogP contribution in [0.5, 0.6) is 0 Å². The van der Waals surface area contributed by atoms with Crippen LogP contribution in [0.4, 0.5) is 23.2 Å². The lowest BCUT2D eigenvalue weighted by molar-refractivity contribution is -0.137. The second kappa shape index (κ2) is 8.20. The first-order chi connectivity index (χ1) is 12.6. The molecule has 0 saturated heterocycles. The third-order valence-electron chi connectivity index (χ3n) is 3.80. The molecule has 0 aliphatic heterocycles. The third kappa shape index (κ3) is 5.54. The average molecular weight is 382 g/mol. The third-order valence-corrected chi connectivity index (χ3v) is 3.80. The Balaban J connectivity index is 2.13. The van der Waals surface area contributed by atoms with Crippen LogP contribution in [-0.2, 0) is 11.0 Å². The van der Waals surface area contributed by atoms with E-state index in [0.717, 1.165) is 24.3 Å². The zero-order valence-electron chi connectivity index (χ0n) is 14.6. The Morgan fingerprint density at radius 1 is 1.00 bits per heavy atom. The van der Waals surface area contributed by atoms with Crippen molar-refractivity contribution in [3.8, 4) is 0 Å². The van der Waals surface area contributed by atoms with Crippen LogP contribution in [0.25, 0.3) is 0 Å². The number of anilines is 1. The molecule has 2 amide bonds. The minimum atomic E-state index is -4.53. The van der Waals surface area contributed by atoms with Crippen molar-refractivity contribution in [2.45, 2.75) is 26.1 Å². The lowest BCUT2D eigenvalue weighted by atomic mass is 10.0. The Morgan fingerprint density at radius 3 is 2.19 bits per heavy atom. The molecule has 0 heterocycles. The summed E-state index contributed by atoms with van der Waals surface area (Å²) in [4.78, 5) is 24.7. The van der Waals surface area contributed by atoms with Gasteiger partial charge < -0.3 is 10.6 Å². The van der Waals surface area contributed by atoms with E-state index in [1.165, 1.54) is 24.3 Å². The summed E-state index contributed by atoms with van der Waals surface area (Å²) in [6.07, 6.45) is -4.53. The Morgan fingerprint density at radius 2 is 1.63 bits per heavy atom. The molecule has 0 saturated carbocycles. The first-order valence-electron chi connectivity index (χ1n) is 8.12. The van der Waals surface area contributed by atoms with Crippen LogP contribution in [0.15, 0.2) is 48.5 Å². The Bertz CT molecular complexity index is 817. The highest BCUT2D eigenvalue weighted by atomic mass is 19.4. The fourth-order valence-corrected chi connectivity index (χ4v) is 2.35. The van der Waals surface area contributed by atoms with Gasteiger partial charge in [-0.25, -0.2) is 4.39 Å². The molecular formula is C19H18F4N2O2. The number of rotatable bonds is 5. The highest BCUT2D eigenvalue weighted by molar-refractivity contribution is 6.01. The normalized spacial score (nSPS) is 12.6. The molecule has 0 aromatic heterocycles. The number of hydrogen-bond donors (Lipinski definition) is 2. The van der Waals surface area contributed by atoms with Gasteiger partial charge in [0.2, 0.25) is 5.91 Å². The van der Waals surface area contributed by atoms with E-state index >= 15 is 0 Å². The van der Waals surface area contributed by atoms with Crippen molar-refractivity contribution in [2.75, 3.05) is 5.32 Å². The van der Waals surface area contributed by atoms with Gasteiger partial charge in [0.1, 0.15) is 11.9 Å². The molecule has 0 unspecified atom stereocenters. The quantitative estimate of drug-likeness (QED) is 0.760. The zero-order chi connectivity index (χ0) is 20.2. The molecule has 0 bridgehead atoms. The fourth-order valence-electron chi connectivity index (χ4n) is 2.35. The number of benzene rings is 2. The topological polar surface area (TPSA) is 58.2 Å². The van der Waals surface area contributed by atoms with E-state index in [1.54, 1.807) is 13.8 Å². The maximum Gasteiger partial charge on any atom is 0.416 e. The summed E-state index contributed by atoms with van der Waals surface area (Å²) in [7, 11) is 0. The van der Waals surface area contributed by atoms with Crippen LogP contribution >= 0.6 is 0 Å². The van der Waals surface area contributed by atoms with Gasteiger partial charge in [-0.15, -0.1) is 0 Å². The van der Waals surface area contributed by atoms with Gasteiger partial charge in [0.25, 0.3) is 5.91 Å². The lowest BCUT2D eigenvalue weighted by Gasteiger charge is -2.22. The first kappa shape index (κ1) is 20.4. The molecule has 0 aliphatic rings. The van der Waals surface area contributed by atoms with Crippen LogP contribution in [0.3, 0.4) is 0 Å². The summed E-state index contributed by atoms with van der Waals surface area (Å²) < 4.78 is 51.3. The van der Waals surface area contributed by atoms with Crippen molar-refractivity contribution in [2.24, 2.45) is 5.92 Å². The molecule has 0 spiro atoms. The van der Waals surface area contributed by atoms with Gasteiger partial charge in [0, 0.05) is 11.3 Å². The second-order valence-corrected chi connectivity index (χ2v) is 6.27. The number of hydrogen-bond acceptors (Lipinski definition) is 2. The minimum Gasteiger partial charge on any atom is -0.340 e. The van der Waals surface area contributed by atoms with Crippen LogP contribution in [-0.4, -0.2) is 17.9 Å². The molecule has 2 aromatic carbocycles. The SMILES string of the molecule is CC(C)[C@H](NC(=O)c1ccc(F)cc1)C(=O)Nc1cccc(C(F)(F)F)c1. The Hall–Kier alpha value is -2.90. The summed E-state index contributed by atoms with van der Waals surface area (Å²) in [5.74, 6) is -2.08. The van der Waals surface area contributed by atoms with E-state index in [4.69, 9.17) is 0 Å². The molecule has 2 rings (SSSR count). The van der Waals surface area contributed by atoms with E-state index in [9.17, 15) is 27.2 Å². The number of alkyl halides is 3. The Kier molecular flexibility index (Phi) is 6.20. The van der Waals surface area contributed by atoms with Gasteiger partial charge in [-0.2, -0.15) is 13.2 Å². The first-order valence-corrected chi connectivity index (χ1v) is 8.12. The van der Waals surface area contributed by atoms with E-state index in [-0.39, 0.29) is 17.2 Å². The molecule has 2 aromatic rings. The van der Waals surface area contributed by atoms with Gasteiger partial charge in [-0.1, -0.05) is 19.9 Å². The molecule has 144 valence electrons. The molecule has 4 nitrogen and oxygen atoms in total. The van der Waals surface area contributed by atoms with E-state index in [0.29, 0.717) is 0 Å². The maximum absolute atomic E-state index is 13.0. The Labute approximate surface area is 153 Å². The maximum atomic E-state index is 13.0. The molecular weight excluding hydrogens is 364 g/mol. The van der Waals surface area contributed by atoms with Crippen LogP contribution in [0.2, 0.25) is 0 Å². The smallest absolute Gasteiger partial charge is 0.340 e. The van der Waals surface area contributed by atoms with Gasteiger partial charge >= 0.3 is 6.18 Å². The monoisotopic (exact) mass is 382 g/mol. The largest absolute Gasteiger partial charge is 0.416 e. The molecule has 0 aliphatic carbocycles. The highest BCUT2D eigenvalue weighted by Gasteiger charge is 2.31. The molecule has 8 heteroatoms. The van der Waals surface area contributed by atoms with Crippen molar-refractivity contribution in [3.05, 3.63) is 65.5 Å². The van der Waals surface area contributed by atoms with Gasteiger partial charge in [-0.05, 0) is 48.4 Å². The summed E-state index contributed by atoms with van der Waals surface area (Å²) >= 11 is 0. The van der Waals surface area contributed by atoms with E-state index in [1.807, 2.05) is 0 Å². The van der Waals surface area contributed by atoms with E-state index < -0.39 is 35.4 Å². The lowest BCUT2D eigenvalue weighted by Crippen LogP contribution is -2.47. The van der Waals surface area contributed by atoms with Crippen LogP contribution < -0.4 is 10.6 Å². The van der Waals surface area contributed by atoms with Gasteiger partial charge in [0.05, 0.1) is 5.56 Å². The van der Waals surface area contributed by atoms with Crippen molar-refractivity contribution < 1.29 is 27.2 Å². The van der Waals surface area contributed by atoms with Crippen LogP contribution in [0, 0.1) is 11.7 Å². The van der Waals surface area contributed by atoms with Gasteiger partial charge in [-0.3, -0.25) is 9.59 Å². The number of amides is 2. The number of carbonyl (C=O) groups is 2. The molecule has 0 fully saturated rings. The summed E-state index contributed by atoms with van der Waals surface area (Å²) in [5.41, 5.74) is -0.762. The fraction of sp³-hybridized carbons (Fsp3) is 0.263. The van der Waals surface area contributed by atoms with E-state index in [2.05, 4.69) is 10.6 Å². The van der Waals surface area contributed by atoms with Crippen molar-refractivity contribution in [1.82, 2.24) is 5.32 Å². The molecule has 1 atom stereocenters. The van der Waals surface area contributed by atoms with Crippen molar-refractivity contribution in [1.29, 1.82) is 0 Å². The molecule has 2 N–H and O–H groups in total. The summed E-state index contributed by atoms with van der Waals surface area (Å²) in [6.45, 7) is 3.36. The van der Waals surface area contributed by atoms with Crippen LogP contribution in [0.1, 0.15) is 29.8 Å². The van der Waals surface area contributed by atoms with Gasteiger partial charge in [0.15, 0.2) is 0 Å². The predicted octanol–water partition coefficient (Wildman–Crippen LogP) is 4.24. The number of carbonyl (C=O) groups excluding carboxylic acids is 2. The van der Waals surface area contributed by atoms with Crippen molar-refractivity contribution in [3.63, 3.8) is 0 Å². The summed E-state index contributed by atoms with van der Waals surface area (Å²) in [6, 6.07) is 8.00. The molecule has 0 radical (unpaired) electrons. The number of nitrogens with one attached hydrogen (secondary N) is 2. The minimum absolute atomic E-state index is 0.0310. The second-order valence-electron chi connectivity index (χ2n) is 6.27. The molecule has 27 heavy (non-hydrogen) atoms.